The second kappa shape index (κ2) is 8.13. The molecule has 0 fully saturated rings. The number of carbonyl (C=O) groups excluding carboxylic acids is 2. The number of urea groups is 1. The number of fused-ring (bicyclic) bond motifs is 1. The summed E-state index contributed by atoms with van der Waals surface area (Å²) in [6.45, 7) is 1.65. The molecule has 1 aliphatic rings. The number of ether oxygens (including phenoxy) is 1. The number of hydrogen-bond acceptors (Lipinski definition) is 4. The molecule has 0 radical (unpaired) electrons. The molecule has 3 N–H and O–H groups in total. The highest BCUT2D eigenvalue weighted by molar-refractivity contribution is 5.96. The van der Waals surface area contributed by atoms with E-state index in [4.69, 9.17) is 4.74 Å². The predicted molar refractivity (Wildman–Crippen MR) is 107 cm³/mol. The summed E-state index contributed by atoms with van der Waals surface area (Å²) in [5.74, 6) is 0.244. The van der Waals surface area contributed by atoms with E-state index in [1.807, 2.05) is 0 Å². The van der Waals surface area contributed by atoms with Crippen LogP contribution in [0.2, 0.25) is 0 Å². The summed E-state index contributed by atoms with van der Waals surface area (Å²) in [4.78, 5) is 25.5. The van der Waals surface area contributed by atoms with Gasteiger partial charge in [-0.15, -0.1) is 0 Å². The fourth-order valence-corrected chi connectivity index (χ4v) is 3.01. The van der Waals surface area contributed by atoms with E-state index < -0.39 is 23.8 Å². The third kappa shape index (κ3) is 4.76. The van der Waals surface area contributed by atoms with Crippen LogP contribution in [0.3, 0.4) is 0 Å². The highest BCUT2D eigenvalue weighted by Gasteiger charge is 2.31. The van der Waals surface area contributed by atoms with Gasteiger partial charge < -0.3 is 25.6 Å². The van der Waals surface area contributed by atoms with Crippen molar-refractivity contribution >= 4 is 29.0 Å². The van der Waals surface area contributed by atoms with Gasteiger partial charge in [0.15, 0.2) is 6.61 Å². The molecular weight excluding hydrogens is 401 g/mol. The van der Waals surface area contributed by atoms with Crippen molar-refractivity contribution < 1.29 is 27.5 Å². The molecule has 0 spiro atoms. The number of benzene rings is 2. The van der Waals surface area contributed by atoms with E-state index in [9.17, 15) is 22.8 Å². The summed E-state index contributed by atoms with van der Waals surface area (Å²) in [5.41, 5.74) is 0.782. The summed E-state index contributed by atoms with van der Waals surface area (Å²) < 4.78 is 44.5. The Hall–Kier alpha value is -3.43. The van der Waals surface area contributed by atoms with Crippen LogP contribution in [0.25, 0.3) is 0 Å². The Morgan fingerprint density at radius 3 is 2.60 bits per heavy atom. The Morgan fingerprint density at radius 2 is 1.93 bits per heavy atom. The highest BCUT2D eigenvalue weighted by Crippen LogP contribution is 2.35. The van der Waals surface area contributed by atoms with Crippen LogP contribution in [0.4, 0.5) is 35.0 Å². The molecule has 160 valence electrons. The molecule has 0 bridgehead atoms. The number of halogens is 3. The van der Waals surface area contributed by atoms with Crippen LogP contribution in [-0.2, 0) is 11.0 Å². The molecule has 7 nitrogen and oxygen atoms in total. The van der Waals surface area contributed by atoms with Crippen molar-refractivity contribution in [2.45, 2.75) is 19.1 Å². The number of carbonyl (C=O) groups is 2. The van der Waals surface area contributed by atoms with E-state index in [1.54, 1.807) is 44.1 Å². The van der Waals surface area contributed by atoms with Crippen LogP contribution in [0.1, 0.15) is 24.1 Å². The Kier molecular flexibility index (Phi) is 5.77. The molecule has 1 unspecified atom stereocenters. The van der Waals surface area contributed by atoms with Crippen molar-refractivity contribution in [2.75, 3.05) is 36.2 Å². The molecule has 0 aromatic heterocycles. The minimum absolute atomic E-state index is 0.0330. The second-order valence-corrected chi connectivity index (χ2v) is 7.04. The van der Waals surface area contributed by atoms with Crippen LogP contribution in [-0.4, -0.2) is 32.6 Å². The lowest BCUT2D eigenvalue weighted by Crippen LogP contribution is -2.32. The molecule has 30 heavy (non-hydrogen) atoms. The second-order valence-electron chi connectivity index (χ2n) is 7.04. The Balaban J connectivity index is 1.75. The zero-order chi connectivity index (χ0) is 22.1. The van der Waals surface area contributed by atoms with Gasteiger partial charge in [-0.25, -0.2) is 4.79 Å². The van der Waals surface area contributed by atoms with E-state index in [2.05, 4.69) is 16.0 Å². The first kappa shape index (κ1) is 21.3. The summed E-state index contributed by atoms with van der Waals surface area (Å²) in [5, 5.41) is 7.86. The maximum absolute atomic E-state index is 13.1. The fourth-order valence-electron chi connectivity index (χ4n) is 3.01. The van der Waals surface area contributed by atoms with Gasteiger partial charge in [0, 0.05) is 14.1 Å². The van der Waals surface area contributed by atoms with Gasteiger partial charge in [0.25, 0.3) is 5.91 Å². The van der Waals surface area contributed by atoms with Crippen molar-refractivity contribution in [1.82, 2.24) is 5.32 Å². The van der Waals surface area contributed by atoms with Crippen LogP contribution >= 0.6 is 0 Å². The maximum atomic E-state index is 13.1. The van der Waals surface area contributed by atoms with Crippen molar-refractivity contribution in [1.29, 1.82) is 0 Å². The van der Waals surface area contributed by atoms with Crippen LogP contribution in [0.5, 0.6) is 5.75 Å². The van der Waals surface area contributed by atoms with Gasteiger partial charge in [-0.2, -0.15) is 13.2 Å². The van der Waals surface area contributed by atoms with Crippen LogP contribution < -0.4 is 25.6 Å². The van der Waals surface area contributed by atoms with Gasteiger partial charge in [-0.05, 0) is 42.8 Å². The predicted octanol–water partition coefficient (Wildman–Crippen LogP) is 3.99. The van der Waals surface area contributed by atoms with Crippen molar-refractivity contribution in [3.05, 3.63) is 47.5 Å². The summed E-state index contributed by atoms with van der Waals surface area (Å²) in [6.07, 6.45) is -4.53. The van der Waals surface area contributed by atoms with E-state index in [1.165, 1.54) is 6.07 Å². The van der Waals surface area contributed by atoms with Crippen molar-refractivity contribution in [3.8, 4) is 5.75 Å². The molecule has 3 amide bonds. The third-order valence-corrected chi connectivity index (χ3v) is 4.54. The summed E-state index contributed by atoms with van der Waals surface area (Å²) >= 11 is 0. The first-order valence-corrected chi connectivity index (χ1v) is 9.07. The van der Waals surface area contributed by atoms with E-state index in [0.717, 1.165) is 12.1 Å². The van der Waals surface area contributed by atoms with E-state index >= 15 is 0 Å². The van der Waals surface area contributed by atoms with Crippen molar-refractivity contribution in [2.24, 2.45) is 0 Å². The molecule has 1 atom stereocenters. The number of amides is 3. The molecule has 10 heteroatoms. The SMILES string of the molecule is CC(NC(=O)Nc1cc(C(F)(F)F)ccc1N(C)C)c1ccc2c(c1)NC(=O)CO2. The van der Waals surface area contributed by atoms with E-state index in [0.29, 0.717) is 22.7 Å². The standard InChI is InChI=1S/C20H21F3N4O3/c1-11(12-4-7-17-15(8-12)25-18(28)10-30-17)24-19(29)26-14-9-13(20(21,22)23)5-6-16(14)27(2)3/h4-9,11H,10H2,1-3H3,(H,25,28)(H2,24,26,29). The number of hydrogen-bond donors (Lipinski definition) is 3. The quantitative estimate of drug-likeness (QED) is 0.696. The molecule has 2 aromatic carbocycles. The van der Waals surface area contributed by atoms with Gasteiger partial charge in [-0.1, -0.05) is 6.07 Å². The van der Waals surface area contributed by atoms with E-state index in [-0.39, 0.29) is 18.2 Å². The largest absolute Gasteiger partial charge is 0.482 e. The molecule has 0 saturated heterocycles. The third-order valence-electron chi connectivity index (χ3n) is 4.54. The van der Waals surface area contributed by atoms with Gasteiger partial charge in [0.2, 0.25) is 0 Å². The molecule has 0 saturated carbocycles. The smallest absolute Gasteiger partial charge is 0.416 e. The van der Waals surface area contributed by atoms with Crippen LogP contribution in [0, 0.1) is 0 Å². The fraction of sp³-hybridized carbons (Fsp3) is 0.300. The lowest BCUT2D eigenvalue weighted by molar-refractivity contribution is -0.137. The Morgan fingerprint density at radius 1 is 1.20 bits per heavy atom. The normalized spacial score (nSPS) is 14.1. The number of anilines is 3. The minimum Gasteiger partial charge on any atom is -0.482 e. The monoisotopic (exact) mass is 422 g/mol. The van der Waals surface area contributed by atoms with Gasteiger partial charge in [-0.3, -0.25) is 4.79 Å². The first-order chi connectivity index (χ1) is 14.0. The Labute approximate surface area is 171 Å². The topological polar surface area (TPSA) is 82.7 Å². The number of alkyl halides is 3. The average molecular weight is 422 g/mol. The van der Waals surface area contributed by atoms with Crippen LogP contribution in [0.15, 0.2) is 36.4 Å². The van der Waals surface area contributed by atoms with Gasteiger partial charge in [0.1, 0.15) is 5.75 Å². The Bertz CT molecular complexity index is 976. The first-order valence-electron chi connectivity index (χ1n) is 9.07. The van der Waals surface area contributed by atoms with Crippen molar-refractivity contribution in [3.63, 3.8) is 0 Å². The minimum atomic E-state index is -4.53. The number of rotatable bonds is 4. The molecule has 0 aliphatic carbocycles. The zero-order valence-electron chi connectivity index (χ0n) is 16.6. The maximum Gasteiger partial charge on any atom is 0.416 e. The van der Waals surface area contributed by atoms with Gasteiger partial charge >= 0.3 is 12.2 Å². The number of nitrogens with one attached hydrogen (secondary N) is 3. The molecular formula is C20H21F3N4O3. The highest BCUT2D eigenvalue weighted by atomic mass is 19.4. The zero-order valence-corrected chi connectivity index (χ0v) is 16.6. The molecule has 3 rings (SSSR count). The summed E-state index contributed by atoms with van der Waals surface area (Å²) in [6, 6.07) is 7.09. The average Bonchev–Trinajstić information content (AvgIpc) is 2.66. The van der Waals surface area contributed by atoms with Gasteiger partial charge in [0.05, 0.1) is 28.7 Å². The lowest BCUT2D eigenvalue weighted by Gasteiger charge is -2.22. The molecule has 2 aromatic rings. The molecule has 1 heterocycles. The summed E-state index contributed by atoms with van der Waals surface area (Å²) in [7, 11) is 3.33. The lowest BCUT2D eigenvalue weighted by atomic mass is 10.1. The number of nitrogens with zero attached hydrogens (tertiary/aromatic N) is 1. The molecule has 1 aliphatic heterocycles.